The van der Waals surface area contributed by atoms with Gasteiger partial charge in [0.25, 0.3) is 0 Å². The van der Waals surface area contributed by atoms with E-state index in [9.17, 15) is 9.50 Å². The van der Waals surface area contributed by atoms with E-state index in [0.717, 1.165) is 31.2 Å². The second-order valence-corrected chi connectivity index (χ2v) is 5.31. The van der Waals surface area contributed by atoms with Gasteiger partial charge in [0.2, 0.25) is 0 Å². The fourth-order valence-corrected chi connectivity index (χ4v) is 2.99. The molecule has 16 heavy (non-hydrogen) atoms. The average Bonchev–Trinajstić information content (AvgIpc) is 2.68. The van der Waals surface area contributed by atoms with Crippen LogP contribution in [-0.2, 0) is 5.41 Å². The lowest BCUT2D eigenvalue weighted by Gasteiger charge is -2.39. The summed E-state index contributed by atoms with van der Waals surface area (Å²) in [7, 11) is 0. The van der Waals surface area contributed by atoms with Gasteiger partial charge in [-0.1, -0.05) is 25.0 Å². The molecule has 0 heterocycles. The van der Waals surface area contributed by atoms with Crippen LogP contribution in [0.3, 0.4) is 0 Å². The van der Waals surface area contributed by atoms with Crippen molar-refractivity contribution < 1.29 is 9.50 Å². The normalized spacial score (nSPS) is 19.9. The van der Waals surface area contributed by atoms with Crippen LogP contribution in [0.5, 0.6) is 5.75 Å². The highest BCUT2D eigenvalue weighted by atomic mass is 19.1. The molecule has 2 heteroatoms. The largest absolute Gasteiger partial charge is 0.508 e. The quantitative estimate of drug-likeness (QED) is 0.803. The van der Waals surface area contributed by atoms with Gasteiger partial charge in [-0.2, -0.15) is 0 Å². The van der Waals surface area contributed by atoms with Gasteiger partial charge in [-0.15, -0.1) is 0 Å². The van der Waals surface area contributed by atoms with Crippen LogP contribution < -0.4 is 0 Å². The molecule has 0 amide bonds. The molecule has 0 radical (unpaired) electrons. The third-order valence-corrected chi connectivity index (χ3v) is 4.01. The average molecular weight is 222 g/mol. The second-order valence-electron chi connectivity index (χ2n) is 5.31. The van der Waals surface area contributed by atoms with Crippen molar-refractivity contribution in [3.05, 3.63) is 29.8 Å². The minimum absolute atomic E-state index is 0.244. The highest BCUT2D eigenvalue weighted by Crippen LogP contribution is 2.50. The van der Waals surface area contributed by atoms with Crippen LogP contribution in [0.4, 0.5) is 4.39 Å². The third kappa shape index (κ3) is 1.70. The van der Waals surface area contributed by atoms with E-state index in [2.05, 4.69) is 0 Å². The van der Waals surface area contributed by atoms with Crippen molar-refractivity contribution in [1.82, 2.24) is 0 Å². The minimum Gasteiger partial charge on any atom is -0.508 e. The summed E-state index contributed by atoms with van der Waals surface area (Å²) >= 11 is 0. The SMILES string of the molecule is CC(C)(F)C1(c2ccc(O)cc2)CCCC1. The Labute approximate surface area is 96.3 Å². The third-order valence-electron chi connectivity index (χ3n) is 4.01. The molecule has 88 valence electrons. The fourth-order valence-electron chi connectivity index (χ4n) is 2.99. The van der Waals surface area contributed by atoms with Gasteiger partial charge in [0, 0.05) is 5.41 Å². The van der Waals surface area contributed by atoms with Crippen molar-refractivity contribution in [2.75, 3.05) is 0 Å². The number of halogens is 1. The zero-order valence-corrected chi connectivity index (χ0v) is 9.96. The molecule has 1 nitrogen and oxygen atoms in total. The van der Waals surface area contributed by atoms with Gasteiger partial charge in [-0.25, -0.2) is 4.39 Å². The summed E-state index contributed by atoms with van der Waals surface area (Å²) in [5.74, 6) is 0.244. The van der Waals surface area contributed by atoms with Crippen LogP contribution in [0.1, 0.15) is 45.1 Å². The van der Waals surface area contributed by atoms with Gasteiger partial charge in [0.1, 0.15) is 11.4 Å². The van der Waals surface area contributed by atoms with Gasteiger partial charge >= 0.3 is 0 Å². The molecule has 1 N–H and O–H groups in total. The van der Waals surface area contributed by atoms with E-state index in [1.165, 1.54) is 0 Å². The highest BCUT2D eigenvalue weighted by Gasteiger charge is 2.48. The number of phenolic OH excluding ortho intramolecular Hbond substituents is 1. The molecule has 0 saturated heterocycles. The van der Waals surface area contributed by atoms with Gasteiger partial charge in [-0.3, -0.25) is 0 Å². The molecule has 0 aromatic heterocycles. The Morgan fingerprint density at radius 3 is 2.06 bits per heavy atom. The van der Waals surface area contributed by atoms with E-state index in [0.29, 0.717) is 0 Å². The number of rotatable bonds is 2. The Balaban J connectivity index is 2.44. The molecule has 1 aromatic carbocycles. The molecular weight excluding hydrogens is 203 g/mol. The molecule has 0 spiro atoms. The summed E-state index contributed by atoms with van der Waals surface area (Å²) in [4.78, 5) is 0. The van der Waals surface area contributed by atoms with E-state index in [4.69, 9.17) is 0 Å². The van der Waals surface area contributed by atoms with Gasteiger partial charge < -0.3 is 5.11 Å². The molecule has 0 unspecified atom stereocenters. The maximum Gasteiger partial charge on any atom is 0.115 e. The molecule has 1 fully saturated rings. The van der Waals surface area contributed by atoms with E-state index in [1.54, 1.807) is 26.0 Å². The van der Waals surface area contributed by atoms with E-state index in [1.807, 2.05) is 12.1 Å². The van der Waals surface area contributed by atoms with Crippen molar-refractivity contribution in [1.29, 1.82) is 0 Å². The van der Waals surface area contributed by atoms with E-state index < -0.39 is 5.67 Å². The second kappa shape index (κ2) is 3.76. The maximum atomic E-state index is 14.5. The molecule has 2 rings (SSSR count). The molecule has 1 aliphatic carbocycles. The monoisotopic (exact) mass is 222 g/mol. The van der Waals surface area contributed by atoms with Crippen LogP contribution in [0.2, 0.25) is 0 Å². The first-order valence-corrected chi connectivity index (χ1v) is 5.94. The van der Waals surface area contributed by atoms with E-state index in [-0.39, 0.29) is 11.2 Å². The Morgan fingerprint density at radius 1 is 1.12 bits per heavy atom. The number of alkyl halides is 1. The van der Waals surface area contributed by atoms with Gasteiger partial charge in [0.15, 0.2) is 0 Å². The Kier molecular flexibility index (Phi) is 2.69. The maximum absolute atomic E-state index is 14.5. The van der Waals surface area contributed by atoms with Crippen molar-refractivity contribution in [3.63, 3.8) is 0 Å². The molecule has 0 bridgehead atoms. The van der Waals surface area contributed by atoms with Crippen molar-refractivity contribution in [3.8, 4) is 5.75 Å². The summed E-state index contributed by atoms with van der Waals surface area (Å²) in [6.45, 7) is 3.34. The van der Waals surface area contributed by atoms with Crippen molar-refractivity contribution in [2.24, 2.45) is 0 Å². The summed E-state index contributed by atoms with van der Waals surface area (Å²) in [5.41, 5.74) is -0.545. The molecule has 1 saturated carbocycles. The van der Waals surface area contributed by atoms with Crippen LogP contribution in [0.25, 0.3) is 0 Å². The van der Waals surface area contributed by atoms with Crippen molar-refractivity contribution in [2.45, 2.75) is 50.6 Å². The van der Waals surface area contributed by atoms with Crippen LogP contribution in [-0.4, -0.2) is 10.8 Å². The first kappa shape index (κ1) is 11.4. The smallest absolute Gasteiger partial charge is 0.115 e. The fraction of sp³-hybridized carbons (Fsp3) is 0.571. The number of phenols is 1. The summed E-state index contributed by atoms with van der Waals surface area (Å²) < 4.78 is 14.5. The van der Waals surface area contributed by atoms with Gasteiger partial charge in [0.05, 0.1) is 0 Å². The van der Waals surface area contributed by atoms with Gasteiger partial charge in [-0.05, 0) is 44.4 Å². The lowest BCUT2D eigenvalue weighted by molar-refractivity contribution is 0.0917. The number of benzene rings is 1. The van der Waals surface area contributed by atoms with Crippen LogP contribution >= 0.6 is 0 Å². The molecule has 1 aliphatic rings. The zero-order chi connectivity index (χ0) is 11.8. The number of hydrogen-bond donors (Lipinski definition) is 1. The van der Waals surface area contributed by atoms with E-state index >= 15 is 0 Å². The highest BCUT2D eigenvalue weighted by molar-refractivity contribution is 5.35. The number of aromatic hydroxyl groups is 1. The summed E-state index contributed by atoms with van der Waals surface area (Å²) in [6.07, 6.45) is 3.99. The standard InChI is InChI=1S/C14H19FO/c1-13(2,15)14(9-3-4-10-14)11-5-7-12(16)8-6-11/h5-8,16H,3-4,9-10H2,1-2H3. The van der Waals surface area contributed by atoms with Crippen LogP contribution in [0.15, 0.2) is 24.3 Å². The summed E-state index contributed by atoms with van der Waals surface area (Å²) in [6, 6.07) is 7.03. The number of hydrogen-bond acceptors (Lipinski definition) is 1. The molecule has 1 aromatic rings. The predicted molar refractivity (Wildman–Crippen MR) is 63.4 cm³/mol. The first-order valence-electron chi connectivity index (χ1n) is 5.94. The van der Waals surface area contributed by atoms with Crippen molar-refractivity contribution >= 4 is 0 Å². The molecule has 0 aliphatic heterocycles. The first-order chi connectivity index (χ1) is 7.46. The molecular formula is C14H19FO. The minimum atomic E-state index is -1.21. The van der Waals surface area contributed by atoms with Crippen LogP contribution in [0, 0.1) is 0 Å². The molecule has 0 atom stereocenters. The Bertz CT molecular complexity index is 355. The Morgan fingerprint density at radius 2 is 1.62 bits per heavy atom. The lowest BCUT2D eigenvalue weighted by Crippen LogP contribution is -2.41. The predicted octanol–water partition coefficient (Wildman–Crippen LogP) is 3.95. The Hall–Kier alpha value is -1.05. The topological polar surface area (TPSA) is 20.2 Å². The lowest BCUT2D eigenvalue weighted by atomic mass is 9.68. The zero-order valence-electron chi connectivity index (χ0n) is 9.96. The summed E-state index contributed by atoms with van der Waals surface area (Å²) in [5, 5.41) is 9.29.